The SMILES string of the molecule is CC(=O)C(C)N1CCCS(=O)CC1. The first kappa shape index (κ1) is 10.9. The Morgan fingerprint density at radius 3 is 2.69 bits per heavy atom. The van der Waals surface area contributed by atoms with E-state index in [1.807, 2.05) is 6.92 Å². The van der Waals surface area contributed by atoms with E-state index < -0.39 is 10.8 Å². The van der Waals surface area contributed by atoms with E-state index >= 15 is 0 Å². The monoisotopic (exact) mass is 203 g/mol. The van der Waals surface area contributed by atoms with Gasteiger partial charge < -0.3 is 0 Å². The summed E-state index contributed by atoms with van der Waals surface area (Å²) in [6, 6.07) is -0.00454. The minimum atomic E-state index is -0.661. The normalized spacial score (nSPS) is 28.0. The van der Waals surface area contributed by atoms with Gasteiger partial charge in [0.15, 0.2) is 0 Å². The van der Waals surface area contributed by atoms with Gasteiger partial charge in [0.2, 0.25) is 0 Å². The van der Waals surface area contributed by atoms with Crippen molar-refractivity contribution in [1.29, 1.82) is 0 Å². The minimum Gasteiger partial charge on any atom is -0.298 e. The Morgan fingerprint density at radius 2 is 2.08 bits per heavy atom. The molecular weight excluding hydrogens is 186 g/mol. The minimum absolute atomic E-state index is 0.00454. The first-order valence-electron chi connectivity index (χ1n) is 4.70. The van der Waals surface area contributed by atoms with Gasteiger partial charge >= 0.3 is 0 Å². The van der Waals surface area contributed by atoms with Crippen LogP contribution in [0, 0.1) is 0 Å². The highest BCUT2D eigenvalue weighted by Crippen LogP contribution is 2.06. The van der Waals surface area contributed by atoms with Crippen LogP contribution in [0.3, 0.4) is 0 Å². The Balaban J connectivity index is 2.50. The maximum absolute atomic E-state index is 11.2. The van der Waals surface area contributed by atoms with E-state index in [0.29, 0.717) is 0 Å². The van der Waals surface area contributed by atoms with Crippen LogP contribution in [0.25, 0.3) is 0 Å². The van der Waals surface area contributed by atoms with Gasteiger partial charge in [0.25, 0.3) is 0 Å². The molecule has 1 heterocycles. The molecule has 0 spiro atoms. The predicted octanol–water partition coefficient (Wildman–Crippen LogP) is 0.418. The molecule has 1 aliphatic heterocycles. The largest absolute Gasteiger partial charge is 0.298 e. The summed E-state index contributed by atoms with van der Waals surface area (Å²) in [5.41, 5.74) is 0. The van der Waals surface area contributed by atoms with Crippen LogP contribution in [-0.4, -0.2) is 45.5 Å². The van der Waals surface area contributed by atoms with Gasteiger partial charge in [-0.25, -0.2) is 0 Å². The van der Waals surface area contributed by atoms with E-state index in [1.54, 1.807) is 6.92 Å². The molecule has 1 aliphatic rings. The zero-order chi connectivity index (χ0) is 9.84. The summed E-state index contributed by atoms with van der Waals surface area (Å²) >= 11 is 0. The van der Waals surface area contributed by atoms with Gasteiger partial charge in [-0.2, -0.15) is 0 Å². The molecule has 3 nitrogen and oxygen atoms in total. The molecule has 0 aliphatic carbocycles. The zero-order valence-corrected chi connectivity index (χ0v) is 9.10. The molecule has 0 bridgehead atoms. The molecule has 1 rings (SSSR count). The molecule has 0 aromatic carbocycles. The summed E-state index contributed by atoms with van der Waals surface area (Å²) in [6.07, 6.45) is 0.949. The van der Waals surface area contributed by atoms with Crippen LogP contribution >= 0.6 is 0 Å². The number of hydrogen-bond acceptors (Lipinski definition) is 3. The number of nitrogens with zero attached hydrogens (tertiary/aromatic N) is 1. The van der Waals surface area contributed by atoms with Crippen molar-refractivity contribution >= 4 is 16.6 Å². The number of rotatable bonds is 2. The Labute approximate surface area is 81.9 Å². The third-order valence-corrected chi connectivity index (χ3v) is 3.94. The lowest BCUT2D eigenvalue weighted by atomic mass is 10.2. The second-order valence-electron chi connectivity index (χ2n) is 3.52. The molecule has 0 amide bonds. The zero-order valence-electron chi connectivity index (χ0n) is 8.28. The molecule has 2 atom stereocenters. The average molecular weight is 203 g/mol. The summed E-state index contributed by atoms with van der Waals surface area (Å²) in [6.45, 7) is 5.25. The van der Waals surface area contributed by atoms with Crippen molar-refractivity contribution in [3.8, 4) is 0 Å². The van der Waals surface area contributed by atoms with Crippen LogP contribution < -0.4 is 0 Å². The average Bonchev–Trinajstić information content (AvgIpc) is 2.28. The fourth-order valence-electron chi connectivity index (χ4n) is 1.51. The van der Waals surface area contributed by atoms with Crippen molar-refractivity contribution in [2.45, 2.75) is 26.3 Å². The van der Waals surface area contributed by atoms with Crippen molar-refractivity contribution in [1.82, 2.24) is 4.90 Å². The molecule has 1 saturated heterocycles. The van der Waals surface area contributed by atoms with Crippen molar-refractivity contribution in [2.24, 2.45) is 0 Å². The van der Waals surface area contributed by atoms with Gasteiger partial charge in [-0.3, -0.25) is 13.9 Å². The van der Waals surface area contributed by atoms with Crippen molar-refractivity contribution in [3.05, 3.63) is 0 Å². The number of carbonyl (C=O) groups is 1. The molecule has 2 unspecified atom stereocenters. The van der Waals surface area contributed by atoms with Crippen LogP contribution in [0.4, 0.5) is 0 Å². The lowest BCUT2D eigenvalue weighted by Gasteiger charge is -2.24. The summed E-state index contributed by atoms with van der Waals surface area (Å²) in [7, 11) is -0.661. The van der Waals surface area contributed by atoms with E-state index in [0.717, 1.165) is 31.0 Å². The fourth-order valence-corrected chi connectivity index (χ4v) is 2.60. The molecule has 0 saturated carbocycles. The van der Waals surface area contributed by atoms with Crippen molar-refractivity contribution in [3.63, 3.8) is 0 Å². The number of hydrogen-bond donors (Lipinski definition) is 0. The second kappa shape index (κ2) is 4.86. The summed E-state index contributed by atoms with van der Waals surface area (Å²) < 4.78 is 11.2. The smallest absolute Gasteiger partial charge is 0.146 e. The van der Waals surface area contributed by atoms with Crippen LogP contribution in [0.15, 0.2) is 0 Å². The van der Waals surface area contributed by atoms with Crippen LogP contribution in [0.2, 0.25) is 0 Å². The van der Waals surface area contributed by atoms with Gasteiger partial charge in [0.1, 0.15) is 5.78 Å². The predicted molar refractivity (Wildman–Crippen MR) is 54.2 cm³/mol. The molecule has 1 fully saturated rings. The van der Waals surface area contributed by atoms with Gasteiger partial charge in [-0.15, -0.1) is 0 Å². The lowest BCUT2D eigenvalue weighted by Crippen LogP contribution is -2.39. The number of ketones is 1. The summed E-state index contributed by atoms with van der Waals surface area (Å²) in [5, 5.41) is 0. The fraction of sp³-hybridized carbons (Fsp3) is 0.889. The third kappa shape index (κ3) is 3.19. The Bertz CT molecular complexity index is 218. The molecule has 0 N–H and O–H groups in total. The van der Waals surface area contributed by atoms with E-state index in [2.05, 4.69) is 4.90 Å². The van der Waals surface area contributed by atoms with Crippen LogP contribution in [-0.2, 0) is 15.6 Å². The number of carbonyl (C=O) groups excluding carboxylic acids is 1. The van der Waals surface area contributed by atoms with Gasteiger partial charge in [0, 0.05) is 28.9 Å². The van der Waals surface area contributed by atoms with Crippen molar-refractivity contribution in [2.75, 3.05) is 24.6 Å². The van der Waals surface area contributed by atoms with Gasteiger partial charge in [-0.05, 0) is 26.8 Å². The summed E-state index contributed by atoms with van der Waals surface area (Å²) in [5.74, 6) is 1.71. The first-order chi connectivity index (χ1) is 6.11. The molecule has 4 heteroatoms. The Kier molecular flexibility index (Phi) is 4.06. The molecule has 0 aromatic heterocycles. The first-order valence-corrected chi connectivity index (χ1v) is 6.19. The Morgan fingerprint density at radius 1 is 1.38 bits per heavy atom. The van der Waals surface area contributed by atoms with Crippen LogP contribution in [0.1, 0.15) is 20.3 Å². The highest BCUT2D eigenvalue weighted by molar-refractivity contribution is 7.85. The number of Topliss-reactive ketones (excluding diaryl/α,β-unsaturated/α-hetero) is 1. The quantitative estimate of drug-likeness (QED) is 0.652. The molecule has 13 heavy (non-hydrogen) atoms. The maximum atomic E-state index is 11.2. The highest BCUT2D eigenvalue weighted by Gasteiger charge is 2.20. The topological polar surface area (TPSA) is 37.4 Å². The maximum Gasteiger partial charge on any atom is 0.146 e. The summed E-state index contributed by atoms with van der Waals surface area (Å²) in [4.78, 5) is 13.3. The Hall–Kier alpha value is -0.220. The third-order valence-electron chi connectivity index (χ3n) is 2.56. The van der Waals surface area contributed by atoms with E-state index in [4.69, 9.17) is 0 Å². The molecule has 0 radical (unpaired) electrons. The van der Waals surface area contributed by atoms with Crippen LogP contribution in [0.5, 0.6) is 0 Å². The van der Waals surface area contributed by atoms with E-state index in [-0.39, 0.29) is 11.8 Å². The molecule has 76 valence electrons. The standard InChI is InChI=1S/C9H17NO2S/c1-8(9(2)11)10-4-3-6-13(12)7-5-10/h8H,3-7H2,1-2H3. The molecular formula is C9H17NO2S. The van der Waals surface area contributed by atoms with Gasteiger partial charge in [0.05, 0.1) is 6.04 Å². The van der Waals surface area contributed by atoms with E-state index in [1.165, 1.54) is 0 Å². The highest BCUT2D eigenvalue weighted by atomic mass is 32.2. The molecule has 0 aromatic rings. The lowest BCUT2D eigenvalue weighted by molar-refractivity contribution is -0.121. The second-order valence-corrected chi connectivity index (χ2v) is 5.22. The van der Waals surface area contributed by atoms with Crippen molar-refractivity contribution < 1.29 is 9.00 Å². The van der Waals surface area contributed by atoms with E-state index in [9.17, 15) is 9.00 Å². The van der Waals surface area contributed by atoms with Gasteiger partial charge in [-0.1, -0.05) is 0 Å².